The first-order chi connectivity index (χ1) is 20.2. The number of aromatic nitrogens is 4. The molecule has 0 radical (unpaired) electrons. The lowest BCUT2D eigenvalue weighted by atomic mass is 10.1. The lowest BCUT2D eigenvalue weighted by Gasteiger charge is -2.45. The van der Waals surface area contributed by atoms with Crippen molar-refractivity contribution < 1.29 is 14.3 Å². The number of nitrogens with zero attached hydrogens (tertiary/aromatic N) is 9. The normalized spacial score (nSPS) is 19.7. The van der Waals surface area contributed by atoms with E-state index in [9.17, 15) is 19.6 Å². The van der Waals surface area contributed by atoms with E-state index in [1.807, 2.05) is 23.4 Å². The quantitative estimate of drug-likeness (QED) is 0.337. The van der Waals surface area contributed by atoms with Gasteiger partial charge in [0.15, 0.2) is 10.9 Å². The molecule has 2 fully saturated rings. The molecule has 2 aliphatic rings. The van der Waals surface area contributed by atoms with Crippen molar-refractivity contribution in [1.82, 2.24) is 29.4 Å². The number of fused-ring (bicyclic) bond motifs is 1. The monoisotopic (exact) mass is 609 g/mol. The molecule has 11 nitrogen and oxygen atoms in total. The van der Waals surface area contributed by atoms with Crippen LogP contribution in [0.5, 0.6) is 0 Å². The molecule has 0 bridgehead atoms. The summed E-state index contributed by atoms with van der Waals surface area (Å²) in [7, 11) is 1.90. The van der Waals surface area contributed by atoms with Crippen molar-refractivity contribution >= 4 is 49.6 Å². The third-order valence-corrected chi connectivity index (χ3v) is 9.92. The number of thiazole rings is 1. The summed E-state index contributed by atoms with van der Waals surface area (Å²) in [5.74, 6) is 0.509. The number of carbonyl (C=O) groups excluding carboxylic acids is 1. The van der Waals surface area contributed by atoms with E-state index in [0.29, 0.717) is 47.3 Å². The summed E-state index contributed by atoms with van der Waals surface area (Å²) < 4.78 is 15.4. The van der Waals surface area contributed by atoms with Crippen LogP contribution < -0.4 is 9.80 Å². The number of rotatable bonds is 7. The number of nitriles is 1. The molecule has 1 N–H and O–H groups in total. The van der Waals surface area contributed by atoms with Crippen molar-refractivity contribution in [2.45, 2.75) is 45.4 Å². The van der Waals surface area contributed by atoms with Crippen LogP contribution in [-0.4, -0.2) is 98.4 Å². The fraction of sp³-hybridized carbons (Fsp3) is 0.464. The molecule has 1 amide bonds. The molecule has 2 unspecified atom stereocenters. The minimum absolute atomic E-state index is 0.0595. The van der Waals surface area contributed by atoms with Crippen molar-refractivity contribution in [2.75, 3.05) is 49.6 Å². The number of aliphatic hydroxyl groups is 1. The number of likely N-dealkylation sites (tertiary alicyclic amines) is 1. The Bertz CT molecular complexity index is 1640. The number of hydrogen-bond acceptors (Lipinski definition) is 11. The predicted octanol–water partition coefficient (Wildman–Crippen LogP) is 3.36. The summed E-state index contributed by atoms with van der Waals surface area (Å²) in [6.07, 6.45) is 0.295. The number of aliphatic hydroxyl groups excluding tert-OH is 1. The zero-order chi connectivity index (χ0) is 29.7. The molecule has 220 valence electrons. The largest absolute Gasteiger partial charge is 0.389 e. The maximum Gasteiger partial charge on any atom is 0.236 e. The molecule has 0 saturated carbocycles. The van der Waals surface area contributed by atoms with Gasteiger partial charge in [-0.3, -0.25) is 9.69 Å². The molecule has 2 atom stereocenters. The van der Waals surface area contributed by atoms with Crippen LogP contribution in [0.2, 0.25) is 0 Å². The molecule has 2 aliphatic heterocycles. The summed E-state index contributed by atoms with van der Waals surface area (Å²) in [5.41, 5.74) is 2.08. The lowest BCUT2D eigenvalue weighted by molar-refractivity contribution is -0.143. The summed E-state index contributed by atoms with van der Waals surface area (Å²) in [4.78, 5) is 31.7. The first-order valence-electron chi connectivity index (χ1n) is 13.9. The number of piperazine rings is 1. The number of benzene rings is 1. The third-order valence-electron chi connectivity index (χ3n) is 7.92. The zero-order valence-electron chi connectivity index (χ0n) is 23.9. The number of carbonyl (C=O) groups is 1. The zero-order valence-corrected chi connectivity index (χ0v) is 25.5. The average molecular weight is 610 g/mol. The van der Waals surface area contributed by atoms with Gasteiger partial charge in [0.2, 0.25) is 16.0 Å². The van der Waals surface area contributed by atoms with Gasteiger partial charge in [0, 0.05) is 50.9 Å². The Balaban J connectivity index is 1.25. The Hall–Kier alpha value is -3.64. The number of imidazole rings is 1. The standard InChI is InChI=1S/C28H32FN9O2S2/c1-5-21-25(34(4)26-32-24(22(10-30)41-26)18-6-8-19(29)9-7-18)38-27(31-21)42-28(33-38)36-11-16(2)37(17(3)12-36)15-23(40)35-13-20(39)14-35/h6-9,16-17,20,39H,5,11-15H2,1-4H3. The van der Waals surface area contributed by atoms with Gasteiger partial charge < -0.3 is 19.8 Å². The van der Waals surface area contributed by atoms with Crippen LogP contribution in [0.3, 0.4) is 0 Å². The van der Waals surface area contributed by atoms with E-state index in [2.05, 4.69) is 29.7 Å². The number of β-amino-alcohol motifs (C(OH)–C–C–N with tert-alkyl or cyclic N) is 1. The molecule has 14 heteroatoms. The minimum atomic E-state index is -0.400. The van der Waals surface area contributed by atoms with Gasteiger partial charge >= 0.3 is 0 Å². The minimum Gasteiger partial charge on any atom is -0.389 e. The summed E-state index contributed by atoms with van der Waals surface area (Å²) in [5, 5.41) is 25.8. The highest BCUT2D eigenvalue weighted by atomic mass is 32.1. The molecular weight excluding hydrogens is 578 g/mol. The van der Waals surface area contributed by atoms with Crippen LogP contribution in [0, 0.1) is 17.1 Å². The number of amides is 1. The Morgan fingerprint density at radius 1 is 1.14 bits per heavy atom. The van der Waals surface area contributed by atoms with E-state index >= 15 is 0 Å². The Kier molecular flexibility index (Phi) is 7.61. The fourth-order valence-electron chi connectivity index (χ4n) is 5.63. The Labute approximate surface area is 251 Å². The molecule has 0 aliphatic carbocycles. The number of aryl methyl sites for hydroxylation is 1. The highest BCUT2D eigenvalue weighted by Gasteiger charge is 2.36. The lowest BCUT2D eigenvalue weighted by Crippen LogP contribution is -2.61. The molecule has 0 spiro atoms. The summed E-state index contributed by atoms with van der Waals surface area (Å²) >= 11 is 2.80. The second-order valence-corrected chi connectivity index (χ2v) is 12.8. The van der Waals surface area contributed by atoms with Crippen LogP contribution in [0.25, 0.3) is 16.2 Å². The highest BCUT2D eigenvalue weighted by molar-refractivity contribution is 7.20. The van der Waals surface area contributed by atoms with Gasteiger partial charge in [-0.25, -0.2) is 14.4 Å². The van der Waals surface area contributed by atoms with E-state index in [-0.39, 0.29) is 23.8 Å². The van der Waals surface area contributed by atoms with E-state index in [4.69, 9.17) is 15.1 Å². The number of halogens is 1. The van der Waals surface area contributed by atoms with Crippen LogP contribution in [0.15, 0.2) is 24.3 Å². The van der Waals surface area contributed by atoms with Gasteiger partial charge in [0.25, 0.3) is 0 Å². The van der Waals surface area contributed by atoms with Crippen LogP contribution >= 0.6 is 22.7 Å². The summed E-state index contributed by atoms with van der Waals surface area (Å²) in [6.45, 7) is 8.93. The van der Waals surface area contributed by atoms with E-state index in [1.54, 1.807) is 17.0 Å². The van der Waals surface area contributed by atoms with Gasteiger partial charge in [-0.1, -0.05) is 29.6 Å². The fourth-order valence-corrected chi connectivity index (χ4v) is 7.41. The van der Waals surface area contributed by atoms with Crippen molar-refractivity contribution in [1.29, 1.82) is 5.26 Å². The van der Waals surface area contributed by atoms with Crippen LogP contribution in [0.1, 0.15) is 31.3 Å². The number of anilines is 3. The van der Waals surface area contributed by atoms with Gasteiger partial charge in [-0.05, 0) is 44.5 Å². The van der Waals surface area contributed by atoms with Gasteiger partial charge in [-0.15, -0.1) is 5.10 Å². The molecule has 5 heterocycles. The van der Waals surface area contributed by atoms with Crippen molar-refractivity contribution in [3.8, 4) is 17.3 Å². The maximum atomic E-state index is 13.5. The van der Waals surface area contributed by atoms with E-state index in [1.165, 1.54) is 34.8 Å². The maximum absolute atomic E-state index is 13.5. The summed E-state index contributed by atoms with van der Waals surface area (Å²) in [6, 6.07) is 8.49. The predicted molar refractivity (Wildman–Crippen MR) is 161 cm³/mol. The SMILES string of the molecule is CCc1nc2sc(N3CC(C)N(CC(=O)N4CC(O)C4)C(C)C3)nn2c1N(C)c1nc(-c2ccc(F)cc2)c(C#N)s1. The van der Waals surface area contributed by atoms with Gasteiger partial charge in [-0.2, -0.15) is 9.78 Å². The molecule has 1 aromatic carbocycles. The second-order valence-electron chi connectivity index (χ2n) is 10.9. The average Bonchev–Trinajstić information content (AvgIpc) is 3.65. The molecule has 2 saturated heterocycles. The Morgan fingerprint density at radius 2 is 1.83 bits per heavy atom. The van der Waals surface area contributed by atoms with Crippen molar-refractivity contribution in [3.05, 3.63) is 40.7 Å². The molecule has 4 aromatic rings. The van der Waals surface area contributed by atoms with Crippen LogP contribution in [0.4, 0.5) is 20.5 Å². The number of hydrogen-bond donors (Lipinski definition) is 1. The highest BCUT2D eigenvalue weighted by Crippen LogP contribution is 2.38. The van der Waals surface area contributed by atoms with Gasteiger partial charge in [0.05, 0.1) is 18.3 Å². The first kappa shape index (κ1) is 28.5. The second kappa shape index (κ2) is 11.2. The van der Waals surface area contributed by atoms with E-state index in [0.717, 1.165) is 34.7 Å². The smallest absolute Gasteiger partial charge is 0.236 e. The first-order valence-corrected chi connectivity index (χ1v) is 15.6. The molecular formula is C28H32FN9O2S2. The topological polar surface area (TPSA) is 117 Å². The van der Waals surface area contributed by atoms with Crippen LogP contribution in [-0.2, 0) is 11.2 Å². The van der Waals surface area contributed by atoms with E-state index < -0.39 is 6.10 Å². The molecule has 42 heavy (non-hydrogen) atoms. The van der Waals surface area contributed by atoms with Crippen molar-refractivity contribution in [3.63, 3.8) is 0 Å². The van der Waals surface area contributed by atoms with Crippen molar-refractivity contribution in [2.24, 2.45) is 0 Å². The molecule has 3 aromatic heterocycles. The van der Waals surface area contributed by atoms with Gasteiger partial charge in [0.1, 0.15) is 22.5 Å². The molecule has 6 rings (SSSR count). The Morgan fingerprint density at radius 3 is 2.45 bits per heavy atom. The third kappa shape index (κ3) is 5.11.